The fourth-order valence-electron chi connectivity index (χ4n) is 1.12. The second-order valence-corrected chi connectivity index (χ2v) is 4.64. The van der Waals surface area contributed by atoms with Crippen LogP contribution >= 0.6 is 0 Å². The molecule has 0 saturated carbocycles. The summed E-state index contributed by atoms with van der Waals surface area (Å²) in [6, 6.07) is 0. The molecule has 0 bridgehead atoms. The molecule has 8 heteroatoms. The van der Waals surface area contributed by atoms with Gasteiger partial charge in [0.05, 0.1) is 13.2 Å². The molecule has 2 N–H and O–H groups in total. The van der Waals surface area contributed by atoms with E-state index in [2.05, 4.69) is 4.72 Å². The van der Waals surface area contributed by atoms with Gasteiger partial charge in [0.25, 0.3) is 10.2 Å². The van der Waals surface area contributed by atoms with Crippen LogP contribution in [-0.2, 0) is 19.7 Å². The highest BCUT2D eigenvalue weighted by Gasteiger charge is 2.32. The van der Waals surface area contributed by atoms with Crippen LogP contribution in [-0.4, -0.2) is 56.6 Å². The van der Waals surface area contributed by atoms with E-state index < -0.39 is 22.3 Å². The Kier molecular flexibility index (Phi) is 3.43. The third-order valence-corrected chi connectivity index (χ3v) is 3.43. The summed E-state index contributed by atoms with van der Waals surface area (Å²) in [7, 11) is -2.27. The molecule has 82 valence electrons. The standard InChI is InChI=1S/C6H12N2O5S/c1-7-14(11,12)8-2-3-13-5(4-8)6(9)10/h5,7H,2-4H2,1H3,(H,9,10). The third kappa shape index (κ3) is 2.41. The Bertz CT molecular complexity index is 314. The zero-order valence-electron chi connectivity index (χ0n) is 7.63. The number of morpholine rings is 1. The molecule has 7 nitrogen and oxygen atoms in total. The van der Waals surface area contributed by atoms with Crippen molar-refractivity contribution in [3.05, 3.63) is 0 Å². The van der Waals surface area contributed by atoms with E-state index in [0.29, 0.717) is 0 Å². The van der Waals surface area contributed by atoms with E-state index >= 15 is 0 Å². The lowest BCUT2D eigenvalue weighted by Gasteiger charge is -2.29. The van der Waals surface area contributed by atoms with Crippen LogP contribution < -0.4 is 4.72 Å². The molecule has 1 aliphatic heterocycles. The molecule has 1 saturated heterocycles. The first-order valence-electron chi connectivity index (χ1n) is 4.00. The van der Waals surface area contributed by atoms with Gasteiger partial charge in [0.15, 0.2) is 6.10 Å². The average Bonchev–Trinajstić information content (AvgIpc) is 2.18. The lowest BCUT2D eigenvalue weighted by molar-refractivity contribution is -0.153. The summed E-state index contributed by atoms with van der Waals surface area (Å²) in [4.78, 5) is 10.5. The normalized spacial score (nSPS) is 24.8. The van der Waals surface area contributed by atoms with Crippen LogP contribution in [0.4, 0.5) is 0 Å². The van der Waals surface area contributed by atoms with Crippen LogP contribution in [0.15, 0.2) is 0 Å². The largest absolute Gasteiger partial charge is 0.479 e. The van der Waals surface area contributed by atoms with Gasteiger partial charge < -0.3 is 9.84 Å². The van der Waals surface area contributed by atoms with E-state index in [-0.39, 0.29) is 19.7 Å². The van der Waals surface area contributed by atoms with Crippen LogP contribution in [0.1, 0.15) is 0 Å². The number of nitrogens with one attached hydrogen (secondary N) is 1. The molecule has 14 heavy (non-hydrogen) atoms. The molecule has 1 fully saturated rings. The van der Waals surface area contributed by atoms with E-state index in [1.54, 1.807) is 0 Å². The molecule has 0 amide bonds. The first kappa shape index (κ1) is 11.4. The Balaban J connectivity index is 2.70. The molecule has 1 atom stereocenters. The van der Waals surface area contributed by atoms with Crippen LogP contribution in [0.2, 0.25) is 0 Å². The fraction of sp³-hybridized carbons (Fsp3) is 0.833. The first-order valence-corrected chi connectivity index (χ1v) is 5.44. The van der Waals surface area contributed by atoms with Crippen molar-refractivity contribution in [2.45, 2.75) is 6.10 Å². The quantitative estimate of drug-likeness (QED) is 0.592. The van der Waals surface area contributed by atoms with Gasteiger partial charge in [-0.25, -0.2) is 9.52 Å². The molecule has 0 aromatic carbocycles. The molecule has 1 rings (SSSR count). The number of hydrogen-bond donors (Lipinski definition) is 2. The number of carboxylic acid groups (broad SMARTS) is 1. The lowest BCUT2D eigenvalue weighted by atomic mass is 10.3. The summed E-state index contributed by atoms with van der Waals surface area (Å²) in [6.07, 6.45) is -1.08. The molecular weight excluding hydrogens is 212 g/mol. The molecule has 0 aliphatic carbocycles. The van der Waals surface area contributed by atoms with E-state index in [4.69, 9.17) is 9.84 Å². The maximum Gasteiger partial charge on any atom is 0.334 e. The smallest absolute Gasteiger partial charge is 0.334 e. The van der Waals surface area contributed by atoms with Gasteiger partial charge in [0.2, 0.25) is 0 Å². The third-order valence-electron chi connectivity index (χ3n) is 1.90. The monoisotopic (exact) mass is 224 g/mol. The number of rotatable bonds is 3. The summed E-state index contributed by atoms with van der Waals surface area (Å²) in [6.45, 7) is 0.114. The summed E-state index contributed by atoms with van der Waals surface area (Å²) in [5.41, 5.74) is 0. The summed E-state index contributed by atoms with van der Waals surface area (Å²) < 4.78 is 30.6. The van der Waals surface area contributed by atoms with Crippen molar-refractivity contribution in [1.29, 1.82) is 0 Å². The van der Waals surface area contributed by atoms with Crippen molar-refractivity contribution in [2.24, 2.45) is 0 Å². The number of ether oxygens (including phenoxy) is 1. The van der Waals surface area contributed by atoms with E-state index in [0.717, 1.165) is 4.31 Å². The molecule has 1 aliphatic rings. The van der Waals surface area contributed by atoms with Gasteiger partial charge in [0, 0.05) is 13.6 Å². The molecule has 0 aromatic heterocycles. The van der Waals surface area contributed by atoms with Crippen LogP contribution in [0.3, 0.4) is 0 Å². The topological polar surface area (TPSA) is 95.9 Å². The van der Waals surface area contributed by atoms with Gasteiger partial charge in [-0.15, -0.1) is 0 Å². The predicted octanol–water partition coefficient (Wildman–Crippen LogP) is -1.76. The predicted molar refractivity (Wildman–Crippen MR) is 46.9 cm³/mol. The van der Waals surface area contributed by atoms with E-state index in [1.165, 1.54) is 7.05 Å². The Hall–Kier alpha value is -0.700. The van der Waals surface area contributed by atoms with Gasteiger partial charge >= 0.3 is 5.97 Å². The molecule has 1 unspecified atom stereocenters. The zero-order chi connectivity index (χ0) is 10.8. The maximum absolute atomic E-state index is 11.3. The summed E-state index contributed by atoms with van der Waals surface area (Å²) >= 11 is 0. The summed E-state index contributed by atoms with van der Waals surface area (Å²) in [5, 5.41) is 8.63. The second-order valence-electron chi connectivity index (χ2n) is 2.76. The number of aliphatic carboxylic acids is 1. The van der Waals surface area contributed by atoms with Gasteiger partial charge in [-0.3, -0.25) is 0 Å². The van der Waals surface area contributed by atoms with Gasteiger partial charge in [-0.1, -0.05) is 0 Å². The van der Waals surface area contributed by atoms with Crippen molar-refractivity contribution >= 4 is 16.2 Å². The van der Waals surface area contributed by atoms with Gasteiger partial charge in [-0.05, 0) is 0 Å². The fourth-order valence-corrected chi connectivity index (χ4v) is 2.03. The number of hydrogen-bond acceptors (Lipinski definition) is 4. The van der Waals surface area contributed by atoms with Crippen molar-refractivity contribution in [2.75, 3.05) is 26.7 Å². The Morgan fingerprint density at radius 1 is 1.64 bits per heavy atom. The first-order chi connectivity index (χ1) is 6.47. The van der Waals surface area contributed by atoms with Crippen LogP contribution in [0, 0.1) is 0 Å². The Morgan fingerprint density at radius 3 is 2.79 bits per heavy atom. The van der Waals surface area contributed by atoms with E-state index in [9.17, 15) is 13.2 Å². The summed E-state index contributed by atoms with van der Waals surface area (Å²) in [5.74, 6) is -1.15. The highest BCUT2D eigenvalue weighted by Crippen LogP contribution is 2.08. The van der Waals surface area contributed by atoms with Gasteiger partial charge in [0.1, 0.15) is 0 Å². The Labute approximate surface area is 81.8 Å². The van der Waals surface area contributed by atoms with Gasteiger partial charge in [-0.2, -0.15) is 12.7 Å². The highest BCUT2D eigenvalue weighted by atomic mass is 32.2. The Morgan fingerprint density at radius 2 is 2.29 bits per heavy atom. The van der Waals surface area contributed by atoms with E-state index in [1.807, 2.05) is 0 Å². The highest BCUT2D eigenvalue weighted by molar-refractivity contribution is 7.87. The minimum absolute atomic E-state index is 0.0951. The maximum atomic E-state index is 11.3. The molecule has 0 radical (unpaired) electrons. The molecule has 0 spiro atoms. The van der Waals surface area contributed by atoms with Crippen molar-refractivity contribution < 1.29 is 23.1 Å². The van der Waals surface area contributed by atoms with Crippen molar-refractivity contribution in [3.63, 3.8) is 0 Å². The number of nitrogens with zero attached hydrogens (tertiary/aromatic N) is 1. The molecular formula is C6H12N2O5S. The van der Waals surface area contributed by atoms with Crippen molar-refractivity contribution in [1.82, 2.24) is 9.03 Å². The minimum atomic E-state index is -3.55. The molecule has 0 aromatic rings. The molecule has 1 heterocycles. The zero-order valence-corrected chi connectivity index (χ0v) is 8.45. The van der Waals surface area contributed by atoms with Crippen LogP contribution in [0.25, 0.3) is 0 Å². The number of carboxylic acids is 1. The second kappa shape index (κ2) is 4.22. The average molecular weight is 224 g/mol. The number of carbonyl (C=O) groups is 1. The minimum Gasteiger partial charge on any atom is -0.479 e. The van der Waals surface area contributed by atoms with Crippen molar-refractivity contribution in [3.8, 4) is 0 Å². The SMILES string of the molecule is CNS(=O)(=O)N1CCOC(C(=O)O)C1. The lowest BCUT2D eigenvalue weighted by Crippen LogP contribution is -2.51. The van der Waals surface area contributed by atoms with Crippen LogP contribution in [0.5, 0.6) is 0 Å².